The van der Waals surface area contributed by atoms with Gasteiger partial charge in [-0.15, -0.1) is 0 Å². The second-order valence-electron chi connectivity index (χ2n) is 4.79. The Kier molecular flexibility index (Phi) is 8.57. The standard InChI is InChI=1S/C12H24N2O5S2/c1-19-12(16)11-3-6-14(7-4-11)21(17,18)13-5-10-20-9-2-8-15/h11,13,15H,2-10H2,1H3. The quantitative estimate of drug-likeness (QED) is 0.447. The summed E-state index contributed by atoms with van der Waals surface area (Å²) in [6, 6.07) is 0. The van der Waals surface area contributed by atoms with Gasteiger partial charge in [0.2, 0.25) is 0 Å². The van der Waals surface area contributed by atoms with Crippen molar-refractivity contribution in [3.8, 4) is 0 Å². The molecule has 0 atom stereocenters. The molecule has 1 rings (SSSR count). The van der Waals surface area contributed by atoms with Crippen LogP contribution in [0.25, 0.3) is 0 Å². The number of carbonyl (C=O) groups excluding carboxylic acids is 1. The van der Waals surface area contributed by atoms with Crippen LogP contribution in [0.4, 0.5) is 0 Å². The Labute approximate surface area is 130 Å². The van der Waals surface area contributed by atoms with E-state index >= 15 is 0 Å². The predicted octanol–water partition coefficient (Wildman–Crippen LogP) is -0.179. The molecule has 0 spiro atoms. The number of nitrogens with zero attached hydrogens (tertiary/aromatic N) is 1. The van der Waals surface area contributed by atoms with Crippen LogP contribution in [-0.2, 0) is 19.7 Å². The summed E-state index contributed by atoms with van der Waals surface area (Å²) >= 11 is 1.61. The summed E-state index contributed by atoms with van der Waals surface area (Å²) in [5.74, 6) is 1.04. The highest BCUT2D eigenvalue weighted by Gasteiger charge is 2.31. The molecule has 1 saturated heterocycles. The number of piperidine rings is 1. The molecule has 2 N–H and O–H groups in total. The van der Waals surface area contributed by atoms with Crippen molar-refractivity contribution in [1.29, 1.82) is 0 Å². The molecule has 7 nitrogen and oxygen atoms in total. The lowest BCUT2D eigenvalue weighted by molar-refractivity contribution is -0.146. The number of esters is 1. The lowest BCUT2D eigenvalue weighted by Crippen LogP contribution is -2.46. The van der Waals surface area contributed by atoms with Crippen LogP contribution in [0, 0.1) is 5.92 Å². The van der Waals surface area contributed by atoms with Gasteiger partial charge in [0.25, 0.3) is 10.2 Å². The molecule has 1 fully saturated rings. The van der Waals surface area contributed by atoms with Gasteiger partial charge in [0, 0.05) is 32.0 Å². The largest absolute Gasteiger partial charge is 0.469 e. The fraction of sp³-hybridized carbons (Fsp3) is 0.917. The first kappa shape index (κ1) is 18.7. The number of aliphatic hydroxyl groups is 1. The minimum Gasteiger partial charge on any atom is -0.469 e. The minimum absolute atomic E-state index is 0.161. The fourth-order valence-electron chi connectivity index (χ4n) is 2.10. The average Bonchev–Trinajstić information content (AvgIpc) is 2.50. The Morgan fingerprint density at radius 3 is 2.62 bits per heavy atom. The minimum atomic E-state index is -3.46. The maximum Gasteiger partial charge on any atom is 0.308 e. The van der Waals surface area contributed by atoms with Gasteiger partial charge in [-0.1, -0.05) is 0 Å². The molecule has 0 aromatic carbocycles. The predicted molar refractivity (Wildman–Crippen MR) is 82.3 cm³/mol. The third kappa shape index (κ3) is 6.52. The van der Waals surface area contributed by atoms with E-state index in [-0.39, 0.29) is 18.5 Å². The molecule has 0 aromatic heterocycles. The molecule has 0 radical (unpaired) electrons. The zero-order chi connectivity index (χ0) is 15.7. The van der Waals surface area contributed by atoms with Crippen LogP contribution in [0.5, 0.6) is 0 Å². The summed E-state index contributed by atoms with van der Waals surface area (Å²) < 4.78 is 32.8. The molecule has 0 amide bonds. The van der Waals surface area contributed by atoms with Crippen molar-refractivity contribution in [2.45, 2.75) is 19.3 Å². The molecule has 0 aliphatic carbocycles. The second-order valence-corrected chi connectivity index (χ2v) is 7.77. The number of nitrogens with one attached hydrogen (secondary N) is 1. The Morgan fingerprint density at radius 2 is 2.05 bits per heavy atom. The van der Waals surface area contributed by atoms with E-state index in [4.69, 9.17) is 5.11 Å². The molecule has 1 heterocycles. The molecular formula is C12H24N2O5S2. The monoisotopic (exact) mass is 340 g/mol. The van der Waals surface area contributed by atoms with Crippen LogP contribution >= 0.6 is 11.8 Å². The van der Waals surface area contributed by atoms with Crippen LogP contribution in [0.15, 0.2) is 0 Å². The van der Waals surface area contributed by atoms with E-state index in [0.717, 1.165) is 12.2 Å². The Bertz CT molecular complexity index is 408. The Balaban J connectivity index is 2.28. The van der Waals surface area contributed by atoms with Crippen molar-refractivity contribution in [1.82, 2.24) is 9.03 Å². The van der Waals surface area contributed by atoms with Crippen LogP contribution in [-0.4, -0.2) is 68.7 Å². The molecule has 9 heteroatoms. The molecule has 1 aliphatic heterocycles. The third-order valence-corrected chi connectivity index (χ3v) is 5.99. The number of rotatable bonds is 9. The van der Waals surface area contributed by atoms with Gasteiger partial charge in [-0.2, -0.15) is 24.5 Å². The molecule has 0 bridgehead atoms. The Hall–Kier alpha value is -0.350. The summed E-state index contributed by atoms with van der Waals surface area (Å²) in [6.45, 7) is 1.21. The molecule has 0 saturated carbocycles. The number of hydrogen-bond donors (Lipinski definition) is 2. The highest BCUT2D eigenvalue weighted by molar-refractivity contribution is 7.99. The van der Waals surface area contributed by atoms with Gasteiger partial charge in [-0.05, 0) is 25.0 Å². The molecule has 1 aliphatic rings. The third-order valence-electron chi connectivity index (χ3n) is 3.31. The average molecular weight is 340 g/mol. The smallest absolute Gasteiger partial charge is 0.308 e. The van der Waals surface area contributed by atoms with Crippen LogP contribution < -0.4 is 4.72 Å². The maximum atomic E-state index is 12.1. The normalized spacial score (nSPS) is 17.8. The zero-order valence-electron chi connectivity index (χ0n) is 12.3. The highest BCUT2D eigenvalue weighted by Crippen LogP contribution is 2.20. The van der Waals surface area contributed by atoms with Crippen molar-refractivity contribution in [3.05, 3.63) is 0 Å². The molecular weight excluding hydrogens is 316 g/mol. The van der Waals surface area contributed by atoms with Gasteiger partial charge in [-0.3, -0.25) is 4.79 Å². The number of aliphatic hydroxyl groups excluding tert-OH is 1. The second kappa shape index (κ2) is 9.62. The number of carbonyl (C=O) groups is 1. The molecule has 21 heavy (non-hydrogen) atoms. The van der Waals surface area contributed by atoms with Crippen LogP contribution in [0.1, 0.15) is 19.3 Å². The summed E-state index contributed by atoms with van der Waals surface area (Å²) in [5, 5.41) is 8.64. The van der Waals surface area contributed by atoms with Crippen molar-refractivity contribution >= 4 is 27.9 Å². The number of thioether (sulfide) groups is 1. The van der Waals surface area contributed by atoms with E-state index in [2.05, 4.69) is 9.46 Å². The van der Waals surface area contributed by atoms with Crippen molar-refractivity contribution in [2.24, 2.45) is 5.92 Å². The van der Waals surface area contributed by atoms with Crippen LogP contribution in [0.3, 0.4) is 0 Å². The fourth-order valence-corrected chi connectivity index (χ4v) is 4.25. The van der Waals surface area contributed by atoms with E-state index in [1.54, 1.807) is 11.8 Å². The van der Waals surface area contributed by atoms with E-state index in [0.29, 0.717) is 38.2 Å². The number of hydrogen-bond acceptors (Lipinski definition) is 6. The lowest BCUT2D eigenvalue weighted by Gasteiger charge is -2.29. The van der Waals surface area contributed by atoms with Gasteiger partial charge in [0.05, 0.1) is 13.0 Å². The van der Waals surface area contributed by atoms with Gasteiger partial charge < -0.3 is 9.84 Å². The van der Waals surface area contributed by atoms with E-state index in [1.165, 1.54) is 11.4 Å². The topological polar surface area (TPSA) is 95.9 Å². The molecule has 0 unspecified atom stereocenters. The van der Waals surface area contributed by atoms with E-state index in [1.807, 2.05) is 0 Å². The molecule has 0 aromatic rings. The maximum absolute atomic E-state index is 12.1. The number of ether oxygens (including phenoxy) is 1. The zero-order valence-corrected chi connectivity index (χ0v) is 13.9. The Morgan fingerprint density at radius 1 is 1.38 bits per heavy atom. The summed E-state index contributed by atoms with van der Waals surface area (Å²) in [4.78, 5) is 11.4. The van der Waals surface area contributed by atoms with Crippen molar-refractivity contribution in [2.75, 3.05) is 44.9 Å². The summed E-state index contributed by atoms with van der Waals surface area (Å²) in [6.07, 6.45) is 1.72. The lowest BCUT2D eigenvalue weighted by atomic mass is 9.99. The first-order chi connectivity index (χ1) is 10.0. The first-order valence-electron chi connectivity index (χ1n) is 7.02. The first-order valence-corrected chi connectivity index (χ1v) is 9.62. The summed E-state index contributed by atoms with van der Waals surface area (Å²) in [5.41, 5.74) is 0. The van der Waals surface area contributed by atoms with E-state index < -0.39 is 10.2 Å². The molecule has 124 valence electrons. The highest BCUT2D eigenvalue weighted by atomic mass is 32.2. The summed E-state index contributed by atoms with van der Waals surface area (Å²) in [7, 11) is -2.11. The van der Waals surface area contributed by atoms with Crippen LogP contribution in [0.2, 0.25) is 0 Å². The van der Waals surface area contributed by atoms with Gasteiger partial charge in [0.15, 0.2) is 0 Å². The van der Waals surface area contributed by atoms with Gasteiger partial charge >= 0.3 is 5.97 Å². The van der Waals surface area contributed by atoms with E-state index in [9.17, 15) is 13.2 Å². The van der Waals surface area contributed by atoms with Crippen molar-refractivity contribution in [3.63, 3.8) is 0 Å². The number of methoxy groups -OCH3 is 1. The SMILES string of the molecule is COC(=O)C1CCN(S(=O)(=O)NCCSCCCO)CC1. The van der Waals surface area contributed by atoms with Crippen molar-refractivity contribution < 1.29 is 23.1 Å². The van der Waals surface area contributed by atoms with Gasteiger partial charge in [-0.25, -0.2) is 4.72 Å². The van der Waals surface area contributed by atoms with Gasteiger partial charge in [0.1, 0.15) is 0 Å².